The summed E-state index contributed by atoms with van der Waals surface area (Å²) in [6, 6.07) is 6.84. The molecule has 0 aliphatic carbocycles. The number of para-hydroxylation sites is 1. The van der Waals surface area contributed by atoms with E-state index in [9.17, 15) is 9.90 Å². The fourth-order valence-corrected chi connectivity index (χ4v) is 1.25. The zero-order chi connectivity index (χ0) is 12.8. The van der Waals surface area contributed by atoms with E-state index >= 15 is 0 Å². The minimum Gasteiger partial charge on any atom is -0.487 e. The fraction of sp³-hybridized carbons (Fsp3) is 0.462. The number of esters is 1. The van der Waals surface area contributed by atoms with Crippen molar-refractivity contribution in [2.45, 2.75) is 33.0 Å². The van der Waals surface area contributed by atoms with Gasteiger partial charge in [-0.1, -0.05) is 12.1 Å². The number of carbonyl (C=O) groups is 1. The van der Waals surface area contributed by atoms with Crippen molar-refractivity contribution in [1.29, 1.82) is 0 Å². The van der Waals surface area contributed by atoms with E-state index in [0.29, 0.717) is 17.9 Å². The highest BCUT2D eigenvalue weighted by atomic mass is 16.5. The van der Waals surface area contributed by atoms with E-state index in [-0.39, 0.29) is 6.10 Å². The molecule has 0 saturated heterocycles. The molecule has 0 amide bonds. The molecule has 2 unspecified atom stereocenters. The summed E-state index contributed by atoms with van der Waals surface area (Å²) >= 11 is 0. The van der Waals surface area contributed by atoms with E-state index in [2.05, 4.69) is 0 Å². The molecule has 0 spiro atoms. The first-order chi connectivity index (χ1) is 8.06. The number of aliphatic hydroxyl groups is 1. The average molecular weight is 238 g/mol. The quantitative estimate of drug-likeness (QED) is 0.797. The summed E-state index contributed by atoms with van der Waals surface area (Å²) in [5, 5.41) is 9.37. The summed E-state index contributed by atoms with van der Waals surface area (Å²) in [6.07, 6.45) is -0.990. The van der Waals surface area contributed by atoms with Gasteiger partial charge in [0.1, 0.15) is 17.4 Å². The molecule has 0 fully saturated rings. The largest absolute Gasteiger partial charge is 0.487 e. The monoisotopic (exact) mass is 238 g/mol. The predicted molar refractivity (Wildman–Crippen MR) is 64.2 cm³/mol. The topological polar surface area (TPSA) is 55.8 Å². The molecule has 17 heavy (non-hydrogen) atoms. The van der Waals surface area contributed by atoms with Gasteiger partial charge in [-0.2, -0.15) is 0 Å². The zero-order valence-electron chi connectivity index (χ0n) is 10.3. The van der Waals surface area contributed by atoms with Gasteiger partial charge in [0.05, 0.1) is 12.7 Å². The number of carbonyl (C=O) groups excluding carboxylic acids is 1. The van der Waals surface area contributed by atoms with Gasteiger partial charge in [0.25, 0.3) is 0 Å². The lowest BCUT2D eigenvalue weighted by Gasteiger charge is -2.18. The molecule has 0 aromatic heterocycles. The Morgan fingerprint density at radius 3 is 2.59 bits per heavy atom. The summed E-state index contributed by atoms with van der Waals surface area (Å²) in [7, 11) is 0. The molecular formula is C13H18O4. The highest BCUT2D eigenvalue weighted by molar-refractivity contribution is 5.92. The maximum absolute atomic E-state index is 11.7. The van der Waals surface area contributed by atoms with Crippen LogP contribution < -0.4 is 4.74 Å². The van der Waals surface area contributed by atoms with Gasteiger partial charge in [-0.25, -0.2) is 4.79 Å². The second-order valence-electron chi connectivity index (χ2n) is 3.78. The lowest BCUT2D eigenvalue weighted by molar-refractivity contribution is 0.0475. The van der Waals surface area contributed by atoms with Crippen LogP contribution in [0.4, 0.5) is 0 Å². The second kappa shape index (κ2) is 6.25. The van der Waals surface area contributed by atoms with Crippen molar-refractivity contribution in [3.8, 4) is 5.75 Å². The molecular weight excluding hydrogens is 220 g/mol. The van der Waals surface area contributed by atoms with Crippen molar-refractivity contribution in [1.82, 2.24) is 0 Å². The fourth-order valence-electron chi connectivity index (χ4n) is 1.25. The molecule has 0 radical (unpaired) electrons. The van der Waals surface area contributed by atoms with Crippen LogP contribution in [0.1, 0.15) is 31.1 Å². The standard InChI is InChI=1S/C13H18O4/c1-4-16-13(15)11-7-5-6-8-12(11)17-10(3)9(2)14/h5-10,14H,4H2,1-3H3. The Labute approximate surface area is 101 Å². The van der Waals surface area contributed by atoms with Gasteiger partial charge in [0.2, 0.25) is 0 Å². The normalized spacial score (nSPS) is 13.9. The van der Waals surface area contributed by atoms with Crippen LogP contribution in [-0.2, 0) is 4.74 Å². The number of benzene rings is 1. The third-order valence-corrected chi connectivity index (χ3v) is 2.37. The van der Waals surface area contributed by atoms with Crippen molar-refractivity contribution in [2.75, 3.05) is 6.61 Å². The van der Waals surface area contributed by atoms with E-state index in [1.807, 2.05) is 0 Å². The Kier molecular flexibility index (Phi) is 4.97. The lowest BCUT2D eigenvalue weighted by atomic mass is 10.2. The maximum atomic E-state index is 11.7. The van der Waals surface area contributed by atoms with E-state index in [1.165, 1.54) is 0 Å². The van der Waals surface area contributed by atoms with Crippen LogP contribution in [0.5, 0.6) is 5.75 Å². The third-order valence-electron chi connectivity index (χ3n) is 2.37. The number of ether oxygens (including phenoxy) is 2. The van der Waals surface area contributed by atoms with E-state index in [0.717, 1.165) is 0 Å². The van der Waals surface area contributed by atoms with Crippen molar-refractivity contribution in [2.24, 2.45) is 0 Å². The molecule has 1 rings (SSSR count). The SMILES string of the molecule is CCOC(=O)c1ccccc1OC(C)C(C)O. The lowest BCUT2D eigenvalue weighted by Crippen LogP contribution is -2.26. The Morgan fingerprint density at radius 2 is 2.00 bits per heavy atom. The van der Waals surface area contributed by atoms with Crippen LogP contribution >= 0.6 is 0 Å². The highest BCUT2D eigenvalue weighted by Crippen LogP contribution is 2.21. The van der Waals surface area contributed by atoms with Gasteiger partial charge in [-0.05, 0) is 32.9 Å². The van der Waals surface area contributed by atoms with Crippen LogP contribution in [0.2, 0.25) is 0 Å². The summed E-state index contributed by atoms with van der Waals surface area (Å²) in [5.41, 5.74) is 0.377. The second-order valence-corrected chi connectivity index (χ2v) is 3.78. The van der Waals surface area contributed by atoms with Crippen LogP contribution in [0.15, 0.2) is 24.3 Å². The van der Waals surface area contributed by atoms with Crippen molar-refractivity contribution >= 4 is 5.97 Å². The van der Waals surface area contributed by atoms with Gasteiger partial charge in [0.15, 0.2) is 0 Å². The third kappa shape index (κ3) is 3.75. The first kappa shape index (κ1) is 13.5. The van der Waals surface area contributed by atoms with Crippen molar-refractivity contribution in [3.05, 3.63) is 29.8 Å². The molecule has 2 atom stereocenters. The van der Waals surface area contributed by atoms with Gasteiger partial charge in [0, 0.05) is 0 Å². The minimum absolute atomic E-state index is 0.319. The van der Waals surface area contributed by atoms with Crippen LogP contribution in [-0.4, -0.2) is 29.9 Å². The molecule has 0 heterocycles. The highest BCUT2D eigenvalue weighted by Gasteiger charge is 2.17. The molecule has 4 heteroatoms. The number of hydrogen-bond donors (Lipinski definition) is 1. The van der Waals surface area contributed by atoms with Crippen LogP contribution in [0.25, 0.3) is 0 Å². The average Bonchev–Trinajstić information content (AvgIpc) is 2.29. The van der Waals surface area contributed by atoms with E-state index < -0.39 is 12.1 Å². The summed E-state index contributed by atoms with van der Waals surface area (Å²) in [5.74, 6) is 0.0141. The molecule has 4 nitrogen and oxygen atoms in total. The molecule has 0 bridgehead atoms. The maximum Gasteiger partial charge on any atom is 0.341 e. The summed E-state index contributed by atoms with van der Waals surface area (Å²) < 4.78 is 10.5. The molecule has 1 N–H and O–H groups in total. The van der Waals surface area contributed by atoms with Gasteiger partial charge < -0.3 is 14.6 Å². The van der Waals surface area contributed by atoms with Crippen LogP contribution in [0.3, 0.4) is 0 Å². The Bertz CT molecular complexity index is 373. The number of hydrogen-bond acceptors (Lipinski definition) is 4. The molecule has 94 valence electrons. The smallest absolute Gasteiger partial charge is 0.341 e. The van der Waals surface area contributed by atoms with Crippen LogP contribution in [0, 0.1) is 0 Å². The molecule has 0 aliphatic heterocycles. The number of aliphatic hydroxyl groups excluding tert-OH is 1. The first-order valence-corrected chi connectivity index (χ1v) is 5.67. The minimum atomic E-state index is -0.606. The van der Waals surface area contributed by atoms with E-state index in [1.54, 1.807) is 45.0 Å². The summed E-state index contributed by atoms with van der Waals surface area (Å²) in [4.78, 5) is 11.7. The van der Waals surface area contributed by atoms with Gasteiger partial charge in [-0.15, -0.1) is 0 Å². The van der Waals surface area contributed by atoms with Crippen molar-refractivity contribution < 1.29 is 19.4 Å². The van der Waals surface area contributed by atoms with E-state index in [4.69, 9.17) is 9.47 Å². The zero-order valence-corrected chi connectivity index (χ0v) is 10.3. The van der Waals surface area contributed by atoms with Gasteiger partial charge >= 0.3 is 5.97 Å². The molecule has 0 saturated carbocycles. The summed E-state index contributed by atoms with van der Waals surface area (Å²) in [6.45, 7) is 5.45. The van der Waals surface area contributed by atoms with Crippen molar-refractivity contribution in [3.63, 3.8) is 0 Å². The molecule has 0 aliphatic rings. The molecule has 1 aromatic carbocycles. The Balaban J connectivity index is 2.88. The molecule has 1 aromatic rings. The Hall–Kier alpha value is -1.55. The number of rotatable bonds is 5. The van der Waals surface area contributed by atoms with Gasteiger partial charge in [-0.3, -0.25) is 0 Å². The first-order valence-electron chi connectivity index (χ1n) is 5.67. The predicted octanol–water partition coefficient (Wildman–Crippen LogP) is 2.01. The Morgan fingerprint density at radius 1 is 1.35 bits per heavy atom.